The molecule has 45 heavy (non-hydrogen) atoms. The highest BCUT2D eigenvalue weighted by Crippen LogP contribution is 2.55. The number of halogens is 1. The van der Waals surface area contributed by atoms with E-state index in [1.165, 1.54) is 11.0 Å². The monoisotopic (exact) mass is 664 g/mol. The minimum atomic E-state index is -0.657. The summed E-state index contributed by atoms with van der Waals surface area (Å²) in [5.41, 5.74) is 4.73. The lowest BCUT2D eigenvalue weighted by molar-refractivity contribution is -0.123. The molecule has 3 aromatic rings. The fraction of sp³-hybridized carbons (Fsp3) is 0.222. The number of carbonyl (C=O) groups excluding carboxylic acids is 4. The van der Waals surface area contributed by atoms with Gasteiger partial charge in [-0.25, -0.2) is 0 Å². The number of hydrogen-bond donors (Lipinski definition) is 2. The summed E-state index contributed by atoms with van der Waals surface area (Å²) in [5.74, 6) is -2.67. The average Bonchev–Trinajstić information content (AvgIpc) is 3.32. The number of fused-ring (bicyclic) bond motifs is 3. The summed E-state index contributed by atoms with van der Waals surface area (Å²) >= 11 is 3.27. The second-order valence-corrected chi connectivity index (χ2v) is 12.4. The molecular weight excluding hydrogens is 636 g/mol. The van der Waals surface area contributed by atoms with Gasteiger partial charge in [0.25, 0.3) is 0 Å². The number of carbonyl (C=O) groups is 4. The number of hydrogen-bond acceptors (Lipinski definition) is 7. The highest BCUT2D eigenvalue weighted by atomic mass is 79.9. The van der Waals surface area contributed by atoms with Gasteiger partial charge in [0.15, 0.2) is 11.6 Å². The number of imide groups is 1. The summed E-state index contributed by atoms with van der Waals surface area (Å²) in [7, 11) is 0. The van der Waals surface area contributed by atoms with E-state index in [0.717, 1.165) is 22.5 Å². The number of ketones is 2. The third-order valence-electron chi connectivity index (χ3n) is 9.09. The van der Waals surface area contributed by atoms with Gasteiger partial charge in [0.05, 0.1) is 28.6 Å². The van der Waals surface area contributed by atoms with Crippen molar-refractivity contribution in [1.82, 2.24) is 0 Å². The van der Waals surface area contributed by atoms with Gasteiger partial charge in [0.1, 0.15) is 12.4 Å². The van der Waals surface area contributed by atoms with Gasteiger partial charge < -0.3 is 15.2 Å². The van der Waals surface area contributed by atoms with Crippen LogP contribution in [0, 0.1) is 17.8 Å². The Labute approximate surface area is 268 Å². The summed E-state index contributed by atoms with van der Waals surface area (Å²) in [6.45, 7) is 0.0349. The molecule has 1 saturated heterocycles. The standard InChI is InChI=1S/C36H29BrN2O6/c37-29-19-30(41)33-28(34(29)42)18-27-25(31(33)20-6-12-24(13-7-20)45-17-16-40)14-15-26-32(27)36(44)39(35(26)43)23-10-8-22(9-11-23)38-21-4-2-1-3-5-21/h1-14,19,26-27,31-32,38,40H,15-18H2. The third-order valence-corrected chi connectivity index (χ3v) is 9.68. The van der Waals surface area contributed by atoms with Crippen molar-refractivity contribution in [1.29, 1.82) is 0 Å². The number of Topliss-reactive ketones (excluding diaryl/α,β-unsaturated/α-hetero) is 1. The molecule has 1 aliphatic heterocycles. The van der Waals surface area contributed by atoms with Crippen molar-refractivity contribution in [3.63, 3.8) is 0 Å². The predicted molar refractivity (Wildman–Crippen MR) is 172 cm³/mol. The average molecular weight is 666 g/mol. The van der Waals surface area contributed by atoms with Gasteiger partial charge in [-0.1, -0.05) is 42.0 Å². The fourth-order valence-corrected chi connectivity index (χ4v) is 7.59. The van der Waals surface area contributed by atoms with E-state index >= 15 is 0 Å². The molecule has 9 heteroatoms. The van der Waals surface area contributed by atoms with E-state index in [4.69, 9.17) is 9.84 Å². The normalized spacial score (nSPS) is 24.1. The Hall–Kier alpha value is -4.60. The molecule has 7 rings (SSSR count). The van der Waals surface area contributed by atoms with Gasteiger partial charge in [-0.05, 0) is 88.8 Å². The smallest absolute Gasteiger partial charge is 0.238 e. The minimum absolute atomic E-state index is 0.117. The number of para-hydroxylation sites is 1. The largest absolute Gasteiger partial charge is 0.491 e. The number of allylic oxidation sites excluding steroid dienone is 6. The lowest BCUT2D eigenvalue weighted by Gasteiger charge is -2.42. The number of rotatable bonds is 7. The molecule has 4 aliphatic rings. The van der Waals surface area contributed by atoms with Crippen molar-refractivity contribution in [2.24, 2.45) is 17.8 Å². The molecule has 3 aromatic carbocycles. The van der Waals surface area contributed by atoms with Crippen LogP contribution in [-0.4, -0.2) is 41.7 Å². The Kier molecular flexibility index (Phi) is 7.59. The lowest BCUT2D eigenvalue weighted by Crippen LogP contribution is -2.39. The molecule has 0 spiro atoms. The van der Waals surface area contributed by atoms with Gasteiger partial charge in [0.2, 0.25) is 11.8 Å². The Bertz CT molecular complexity index is 1810. The molecule has 226 valence electrons. The number of nitrogens with one attached hydrogen (secondary N) is 1. The number of ether oxygens (including phenoxy) is 1. The van der Waals surface area contributed by atoms with Crippen LogP contribution in [0.15, 0.2) is 112 Å². The van der Waals surface area contributed by atoms with Crippen LogP contribution < -0.4 is 15.0 Å². The van der Waals surface area contributed by atoms with Crippen LogP contribution in [0.25, 0.3) is 0 Å². The van der Waals surface area contributed by atoms with E-state index in [9.17, 15) is 19.2 Å². The zero-order valence-electron chi connectivity index (χ0n) is 24.1. The van der Waals surface area contributed by atoms with E-state index in [0.29, 0.717) is 29.0 Å². The molecule has 4 unspecified atom stereocenters. The summed E-state index contributed by atoms with van der Waals surface area (Å²) in [4.78, 5) is 56.2. The number of amides is 2. The first-order chi connectivity index (χ1) is 21.9. The van der Waals surface area contributed by atoms with Crippen molar-refractivity contribution < 1.29 is 29.0 Å². The maximum absolute atomic E-state index is 14.2. The topological polar surface area (TPSA) is 113 Å². The summed E-state index contributed by atoms with van der Waals surface area (Å²) in [5, 5.41) is 12.4. The quantitative estimate of drug-likeness (QED) is 0.187. The summed E-state index contributed by atoms with van der Waals surface area (Å²) in [6.07, 6.45) is 3.89. The number of benzene rings is 3. The Balaban J connectivity index is 1.22. The number of nitrogens with zero attached hydrogens (tertiary/aromatic N) is 1. The van der Waals surface area contributed by atoms with Crippen molar-refractivity contribution >= 4 is 56.4 Å². The fourth-order valence-electron chi connectivity index (χ4n) is 7.14. The maximum Gasteiger partial charge on any atom is 0.238 e. The molecule has 2 amide bonds. The third kappa shape index (κ3) is 5.06. The Morgan fingerprint density at radius 2 is 1.58 bits per heavy atom. The van der Waals surface area contributed by atoms with Gasteiger partial charge in [-0.2, -0.15) is 0 Å². The Morgan fingerprint density at radius 1 is 0.867 bits per heavy atom. The van der Waals surface area contributed by atoms with Crippen molar-refractivity contribution in [3.05, 3.63) is 118 Å². The van der Waals surface area contributed by atoms with Crippen LogP contribution in [0.2, 0.25) is 0 Å². The van der Waals surface area contributed by atoms with Crippen molar-refractivity contribution in [3.8, 4) is 5.75 Å². The second-order valence-electron chi connectivity index (χ2n) is 11.6. The zero-order valence-corrected chi connectivity index (χ0v) is 25.7. The maximum atomic E-state index is 14.2. The van der Waals surface area contributed by atoms with Crippen molar-refractivity contribution in [2.75, 3.05) is 23.4 Å². The van der Waals surface area contributed by atoms with Crippen LogP contribution in [0.1, 0.15) is 24.3 Å². The van der Waals surface area contributed by atoms with Crippen LogP contribution >= 0.6 is 15.9 Å². The van der Waals surface area contributed by atoms with E-state index in [1.54, 1.807) is 24.3 Å². The number of aliphatic hydroxyl groups excluding tert-OH is 1. The molecule has 0 radical (unpaired) electrons. The van der Waals surface area contributed by atoms with Crippen LogP contribution in [0.5, 0.6) is 5.75 Å². The molecule has 0 aromatic heterocycles. The van der Waals surface area contributed by atoms with E-state index in [2.05, 4.69) is 21.2 Å². The van der Waals surface area contributed by atoms with Crippen LogP contribution in [0.4, 0.5) is 17.1 Å². The molecule has 0 saturated carbocycles. The molecule has 2 N–H and O–H groups in total. The summed E-state index contributed by atoms with van der Waals surface area (Å²) < 4.78 is 5.72. The Morgan fingerprint density at radius 3 is 2.29 bits per heavy atom. The van der Waals surface area contributed by atoms with Crippen molar-refractivity contribution in [2.45, 2.75) is 18.8 Å². The van der Waals surface area contributed by atoms with Crippen LogP contribution in [-0.2, 0) is 19.2 Å². The van der Waals surface area contributed by atoms with Gasteiger partial charge in [0, 0.05) is 34.5 Å². The lowest BCUT2D eigenvalue weighted by atomic mass is 9.59. The number of aliphatic hydroxyl groups is 1. The first kappa shape index (κ1) is 29.1. The first-order valence-electron chi connectivity index (χ1n) is 14.9. The molecule has 4 atom stereocenters. The first-order valence-corrected chi connectivity index (χ1v) is 15.7. The van der Waals surface area contributed by atoms with E-state index in [-0.39, 0.29) is 47.5 Å². The van der Waals surface area contributed by atoms with Gasteiger partial charge in [-0.3, -0.25) is 24.1 Å². The van der Waals surface area contributed by atoms with Gasteiger partial charge >= 0.3 is 0 Å². The van der Waals surface area contributed by atoms with E-state index < -0.39 is 23.7 Å². The highest BCUT2D eigenvalue weighted by molar-refractivity contribution is 9.12. The molecule has 1 heterocycles. The summed E-state index contributed by atoms with van der Waals surface area (Å²) in [6, 6.07) is 24.2. The molecular formula is C36H29BrN2O6. The van der Waals surface area contributed by atoms with Gasteiger partial charge in [-0.15, -0.1) is 0 Å². The minimum Gasteiger partial charge on any atom is -0.491 e. The molecule has 8 nitrogen and oxygen atoms in total. The molecule has 3 aliphatic carbocycles. The molecule has 1 fully saturated rings. The number of anilines is 3. The van der Waals surface area contributed by atoms with Crippen LogP contribution in [0.3, 0.4) is 0 Å². The van der Waals surface area contributed by atoms with E-state index in [1.807, 2.05) is 60.7 Å². The second kappa shape index (κ2) is 11.7. The molecule has 0 bridgehead atoms. The predicted octanol–water partition coefficient (Wildman–Crippen LogP) is 5.77. The highest BCUT2D eigenvalue weighted by Gasteiger charge is 2.56. The SMILES string of the molecule is O=C1C=C(Br)C(=O)C2=C1C(c1ccc(OCCO)cc1)C1=CCC3C(=O)N(c4ccc(Nc5ccccc5)cc4)C(=O)C3C1C2. The zero-order chi connectivity index (χ0) is 31.2.